The van der Waals surface area contributed by atoms with Crippen molar-refractivity contribution in [1.82, 2.24) is 15.5 Å². The van der Waals surface area contributed by atoms with Gasteiger partial charge in [0.2, 0.25) is 0 Å². The predicted octanol–water partition coefficient (Wildman–Crippen LogP) is 3.86. The number of nitrogens with zero attached hydrogens (tertiary/aromatic N) is 3. The van der Waals surface area contributed by atoms with E-state index in [9.17, 15) is 0 Å². The van der Waals surface area contributed by atoms with E-state index in [0.29, 0.717) is 23.3 Å². The van der Waals surface area contributed by atoms with E-state index in [0.717, 1.165) is 47.6 Å². The Bertz CT molecular complexity index is 880. The molecule has 1 aliphatic heterocycles. The molecule has 0 saturated heterocycles. The van der Waals surface area contributed by atoms with Gasteiger partial charge in [0.1, 0.15) is 0 Å². The molecule has 1 unspecified atom stereocenters. The van der Waals surface area contributed by atoms with Gasteiger partial charge in [-0.1, -0.05) is 30.7 Å². The van der Waals surface area contributed by atoms with Crippen molar-refractivity contribution in [2.24, 2.45) is 21.6 Å². The van der Waals surface area contributed by atoms with E-state index >= 15 is 0 Å². The fraction of sp³-hybridized carbons (Fsp3) is 0.350. The number of rotatable bonds is 5. The van der Waals surface area contributed by atoms with Crippen LogP contribution in [0.3, 0.4) is 0 Å². The number of benzene rings is 1. The normalized spacial score (nSPS) is 19.0. The first-order chi connectivity index (χ1) is 13.1. The molecule has 142 valence electrons. The summed E-state index contributed by atoms with van der Waals surface area (Å²) in [5, 5.41) is 11.0. The molecule has 2 aromatic rings. The maximum Gasteiger partial charge on any atom is 0.174 e. The molecule has 0 radical (unpaired) electrons. The van der Waals surface area contributed by atoms with Crippen LogP contribution in [-0.2, 0) is 13.1 Å². The predicted molar refractivity (Wildman–Crippen MR) is 113 cm³/mol. The Morgan fingerprint density at radius 1 is 1.37 bits per heavy atom. The van der Waals surface area contributed by atoms with Crippen molar-refractivity contribution in [3.63, 3.8) is 0 Å². The van der Waals surface area contributed by atoms with Crippen molar-refractivity contribution in [2.45, 2.75) is 32.9 Å². The second kappa shape index (κ2) is 9.08. The van der Waals surface area contributed by atoms with E-state index in [1.807, 2.05) is 43.6 Å². The third-order valence-electron chi connectivity index (χ3n) is 4.44. The van der Waals surface area contributed by atoms with Crippen LogP contribution in [0.1, 0.15) is 36.6 Å². The summed E-state index contributed by atoms with van der Waals surface area (Å²) >= 11 is 6.34. The second-order valence-electron chi connectivity index (χ2n) is 6.72. The van der Waals surface area contributed by atoms with Gasteiger partial charge in [0.05, 0.1) is 11.4 Å². The van der Waals surface area contributed by atoms with Crippen LogP contribution < -0.4 is 11.1 Å². The monoisotopic (exact) mass is 384 g/mol. The lowest BCUT2D eigenvalue weighted by Gasteiger charge is -2.13. The van der Waals surface area contributed by atoms with Crippen molar-refractivity contribution in [1.29, 1.82) is 0 Å². The number of hydrogen-bond donors (Lipinski definition) is 3. The SMILES string of the molecule is CNCc1cc(N=C2C=C(c3ccc(CN)c(Cl)c3)N=CC(C)CC2)n[nH]1. The van der Waals surface area contributed by atoms with Gasteiger partial charge in [-0.05, 0) is 43.5 Å². The van der Waals surface area contributed by atoms with Gasteiger partial charge in [0.15, 0.2) is 5.82 Å². The molecule has 3 rings (SSSR count). The van der Waals surface area contributed by atoms with Crippen LogP contribution in [0.15, 0.2) is 40.3 Å². The maximum absolute atomic E-state index is 6.34. The molecule has 1 aromatic heterocycles. The van der Waals surface area contributed by atoms with Gasteiger partial charge in [-0.25, -0.2) is 4.99 Å². The van der Waals surface area contributed by atoms with E-state index in [4.69, 9.17) is 22.3 Å². The molecule has 0 aliphatic carbocycles. The Morgan fingerprint density at radius 3 is 2.96 bits per heavy atom. The molecule has 0 bridgehead atoms. The zero-order chi connectivity index (χ0) is 19.2. The molecule has 4 N–H and O–H groups in total. The van der Waals surface area contributed by atoms with Crippen LogP contribution in [0, 0.1) is 5.92 Å². The number of aromatic amines is 1. The zero-order valence-electron chi connectivity index (χ0n) is 15.7. The first kappa shape index (κ1) is 19.5. The highest BCUT2D eigenvalue weighted by atomic mass is 35.5. The smallest absolute Gasteiger partial charge is 0.174 e. The maximum atomic E-state index is 6.34. The molecule has 6 nitrogen and oxygen atoms in total. The van der Waals surface area contributed by atoms with Gasteiger partial charge >= 0.3 is 0 Å². The van der Waals surface area contributed by atoms with Gasteiger partial charge in [0.25, 0.3) is 0 Å². The van der Waals surface area contributed by atoms with E-state index in [1.165, 1.54) is 0 Å². The van der Waals surface area contributed by atoms with Crippen molar-refractivity contribution >= 4 is 35.0 Å². The van der Waals surface area contributed by atoms with Crippen molar-refractivity contribution in [3.05, 3.63) is 52.2 Å². The average Bonchev–Trinajstić information content (AvgIpc) is 3.08. The summed E-state index contributed by atoms with van der Waals surface area (Å²) < 4.78 is 0. The number of H-pyrrole nitrogens is 1. The number of nitrogens with one attached hydrogen (secondary N) is 2. The lowest BCUT2D eigenvalue weighted by molar-refractivity contribution is 0.720. The van der Waals surface area contributed by atoms with Crippen molar-refractivity contribution < 1.29 is 0 Å². The highest BCUT2D eigenvalue weighted by molar-refractivity contribution is 6.31. The number of nitrogens with two attached hydrogens (primary N) is 1. The zero-order valence-corrected chi connectivity index (χ0v) is 16.4. The van der Waals surface area contributed by atoms with E-state index < -0.39 is 0 Å². The van der Waals surface area contributed by atoms with E-state index in [1.54, 1.807) is 0 Å². The topological polar surface area (TPSA) is 91.4 Å². The molecule has 0 amide bonds. The lowest BCUT2D eigenvalue weighted by atomic mass is 10.00. The van der Waals surface area contributed by atoms with E-state index in [-0.39, 0.29) is 0 Å². The molecule has 0 spiro atoms. The van der Waals surface area contributed by atoms with Crippen LogP contribution >= 0.6 is 11.6 Å². The molecule has 1 aliphatic rings. The number of allylic oxidation sites excluding steroid dienone is 1. The summed E-state index contributed by atoms with van der Waals surface area (Å²) in [6.07, 6.45) is 5.86. The molecule has 0 saturated carbocycles. The molecule has 27 heavy (non-hydrogen) atoms. The molecule has 2 heterocycles. The van der Waals surface area contributed by atoms with Crippen LogP contribution in [0.2, 0.25) is 5.02 Å². The van der Waals surface area contributed by atoms with Crippen LogP contribution in [0.4, 0.5) is 5.82 Å². The summed E-state index contributed by atoms with van der Waals surface area (Å²) in [4.78, 5) is 9.42. The third kappa shape index (κ3) is 5.13. The minimum atomic E-state index is 0.372. The van der Waals surface area contributed by atoms with Gasteiger partial charge in [0, 0.05) is 41.7 Å². The van der Waals surface area contributed by atoms with Crippen molar-refractivity contribution in [3.8, 4) is 0 Å². The van der Waals surface area contributed by atoms with Crippen molar-refractivity contribution in [2.75, 3.05) is 7.05 Å². The van der Waals surface area contributed by atoms with Gasteiger partial charge in [-0.2, -0.15) is 5.10 Å². The van der Waals surface area contributed by atoms with Crippen LogP contribution in [0.5, 0.6) is 0 Å². The Hall–Kier alpha value is -2.28. The van der Waals surface area contributed by atoms with E-state index in [2.05, 4.69) is 27.4 Å². The Kier molecular flexibility index (Phi) is 6.55. The summed E-state index contributed by atoms with van der Waals surface area (Å²) in [6, 6.07) is 7.82. The Labute approximate surface area is 164 Å². The number of hydrogen-bond acceptors (Lipinski definition) is 5. The van der Waals surface area contributed by atoms with Gasteiger partial charge < -0.3 is 11.1 Å². The second-order valence-corrected chi connectivity index (χ2v) is 7.13. The molecule has 0 fully saturated rings. The number of aliphatic imine (C=N–C) groups is 2. The Balaban J connectivity index is 1.96. The highest BCUT2D eigenvalue weighted by Gasteiger charge is 2.12. The molecule has 7 heteroatoms. The Morgan fingerprint density at radius 2 is 2.22 bits per heavy atom. The molecule has 1 atom stereocenters. The largest absolute Gasteiger partial charge is 0.326 e. The van der Waals surface area contributed by atoms with Gasteiger partial charge in [-0.3, -0.25) is 10.1 Å². The average molecular weight is 385 g/mol. The molecular weight excluding hydrogens is 360 g/mol. The summed E-state index contributed by atoms with van der Waals surface area (Å²) in [5.74, 6) is 1.05. The fourth-order valence-electron chi connectivity index (χ4n) is 2.88. The number of halogens is 1. The first-order valence-electron chi connectivity index (χ1n) is 9.10. The quantitative estimate of drug-likeness (QED) is 0.730. The fourth-order valence-corrected chi connectivity index (χ4v) is 3.14. The summed E-state index contributed by atoms with van der Waals surface area (Å²) in [6.45, 7) is 3.31. The number of aromatic nitrogens is 2. The minimum Gasteiger partial charge on any atom is -0.326 e. The minimum absolute atomic E-state index is 0.372. The van der Waals surface area contributed by atoms with Crippen LogP contribution in [-0.4, -0.2) is 29.2 Å². The third-order valence-corrected chi connectivity index (χ3v) is 4.79. The summed E-state index contributed by atoms with van der Waals surface area (Å²) in [7, 11) is 1.90. The lowest BCUT2D eigenvalue weighted by Crippen LogP contribution is -2.06. The standard InChI is InChI=1S/C20H25ClN6/c1-13-3-6-16(25-20-9-17(12-23-2)26-27-20)8-19(24-11-13)14-4-5-15(10-22)18(21)7-14/h4-5,7-9,11,13,23H,3,6,10,12,22H2,1-2H3,(H,26,27). The molecular formula is C20H25ClN6. The highest BCUT2D eigenvalue weighted by Crippen LogP contribution is 2.26. The summed E-state index contributed by atoms with van der Waals surface area (Å²) in [5.41, 5.74) is 10.4. The van der Waals surface area contributed by atoms with Gasteiger partial charge in [-0.15, -0.1) is 0 Å². The van der Waals surface area contributed by atoms with Crippen LogP contribution in [0.25, 0.3) is 5.70 Å². The molecule has 1 aromatic carbocycles. The first-order valence-corrected chi connectivity index (χ1v) is 9.48.